The molecule has 0 atom stereocenters. The van der Waals surface area contributed by atoms with E-state index in [9.17, 15) is 4.39 Å². The lowest BCUT2D eigenvalue weighted by molar-refractivity contribution is 0.419. The molecule has 1 heterocycles. The SMILES string of the molecule is CNCc1cc(F)ccc1Sc1c[nH]c2cccc(OC)c12. The van der Waals surface area contributed by atoms with Gasteiger partial charge in [-0.15, -0.1) is 0 Å². The van der Waals surface area contributed by atoms with Crippen molar-refractivity contribution in [3.63, 3.8) is 0 Å². The van der Waals surface area contributed by atoms with Gasteiger partial charge >= 0.3 is 0 Å². The van der Waals surface area contributed by atoms with E-state index in [4.69, 9.17) is 4.74 Å². The number of H-pyrrole nitrogens is 1. The second-order valence-corrected chi connectivity index (χ2v) is 6.00. The highest BCUT2D eigenvalue weighted by atomic mass is 32.2. The molecule has 2 N–H and O–H groups in total. The van der Waals surface area contributed by atoms with Gasteiger partial charge in [-0.05, 0) is 42.9 Å². The van der Waals surface area contributed by atoms with Gasteiger partial charge < -0.3 is 15.0 Å². The van der Waals surface area contributed by atoms with Gasteiger partial charge in [0, 0.05) is 22.5 Å². The first-order valence-electron chi connectivity index (χ1n) is 6.98. The smallest absolute Gasteiger partial charge is 0.129 e. The Morgan fingerprint density at radius 1 is 1.23 bits per heavy atom. The number of benzene rings is 2. The second-order valence-electron chi connectivity index (χ2n) is 4.92. The fraction of sp³-hybridized carbons (Fsp3) is 0.176. The van der Waals surface area contributed by atoms with Crippen LogP contribution in [0.3, 0.4) is 0 Å². The third-order valence-electron chi connectivity index (χ3n) is 3.46. The first kappa shape index (κ1) is 14.9. The van der Waals surface area contributed by atoms with Gasteiger partial charge in [0.1, 0.15) is 11.6 Å². The van der Waals surface area contributed by atoms with E-state index < -0.39 is 0 Å². The molecule has 3 nitrogen and oxygen atoms in total. The fourth-order valence-corrected chi connectivity index (χ4v) is 3.53. The molecular weight excluding hydrogens is 299 g/mol. The number of aromatic amines is 1. The average Bonchev–Trinajstić information content (AvgIpc) is 2.93. The highest BCUT2D eigenvalue weighted by Gasteiger charge is 2.12. The Kier molecular flexibility index (Phi) is 4.36. The molecule has 3 rings (SSSR count). The van der Waals surface area contributed by atoms with E-state index >= 15 is 0 Å². The van der Waals surface area contributed by atoms with Crippen LogP contribution in [-0.4, -0.2) is 19.1 Å². The Morgan fingerprint density at radius 3 is 2.86 bits per heavy atom. The summed E-state index contributed by atoms with van der Waals surface area (Å²) in [6.45, 7) is 0.625. The number of nitrogens with one attached hydrogen (secondary N) is 2. The topological polar surface area (TPSA) is 37.0 Å². The van der Waals surface area contributed by atoms with Crippen molar-refractivity contribution in [2.45, 2.75) is 16.3 Å². The molecule has 1 aromatic heterocycles. The third kappa shape index (κ3) is 2.82. The van der Waals surface area contributed by atoms with E-state index in [1.165, 1.54) is 6.07 Å². The van der Waals surface area contributed by atoms with Crippen molar-refractivity contribution >= 4 is 22.7 Å². The summed E-state index contributed by atoms with van der Waals surface area (Å²) >= 11 is 1.61. The van der Waals surface area contributed by atoms with Crippen LogP contribution in [0.1, 0.15) is 5.56 Å². The zero-order chi connectivity index (χ0) is 15.5. The first-order chi connectivity index (χ1) is 10.7. The Labute approximate surface area is 132 Å². The lowest BCUT2D eigenvalue weighted by atomic mass is 10.2. The minimum atomic E-state index is -0.217. The molecule has 0 unspecified atom stereocenters. The van der Waals surface area contributed by atoms with Crippen LogP contribution in [0.25, 0.3) is 10.9 Å². The van der Waals surface area contributed by atoms with E-state index in [2.05, 4.69) is 10.3 Å². The number of hydrogen-bond acceptors (Lipinski definition) is 3. The monoisotopic (exact) mass is 316 g/mol. The maximum Gasteiger partial charge on any atom is 0.129 e. The molecule has 0 saturated carbocycles. The van der Waals surface area contributed by atoms with E-state index in [0.29, 0.717) is 6.54 Å². The zero-order valence-corrected chi connectivity index (χ0v) is 13.3. The average molecular weight is 316 g/mol. The van der Waals surface area contributed by atoms with E-state index in [-0.39, 0.29) is 5.82 Å². The maximum absolute atomic E-state index is 13.5. The molecule has 114 valence electrons. The van der Waals surface area contributed by atoms with Gasteiger partial charge in [-0.3, -0.25) is 0 Å². The lowest BCUT2D eigenvalue weighted by Crippen LogP contribution is -2.06. The van der Waals surface area contributed by atoms with Crippen LogP contribution in [0.2, 0.25) is 0 Å². The summed E-state index contributed by atoms with van der Waals surface area (Å²) < 4.78 is 18.9. The molecule has 0 aliphatic carbocycles. The fourth-order valence-electron chi connectivity index (χ4n) is 2.47. The van der Waals surface area contributed by atoms with E-state index in [1.54, 1.807) is 24.9 Å². The maximum atomic E-state index is 13.5. The standard InChI is InChI=1S/C17H17FN2OS/c1-19-9-11-8-12(18)6-7-15(11)22-16-10-20-13-4-3-5-14(21-2)17(13)16/h3-8,10,19-20H,9H2,1-2H3. The summed E-state index contributed by atoms with van der Waals surface area (Å²) in [6.07, 6.45) is 1.96. The lowest BCUT2D eigenvalue weighted by Gasteiger charge is -2.09. The predicted molar refractivity (Wildman–Crippen MR) is 88.1 cm³/mol. The van der Waals surface area contributed by atoms with Crippen LogP contribution in [0.5, 0.6) is 5.75 Å². The normalized spacial score (nSPS) is 11.0. The molecule has 0 spiro atoms. The summed E-state index contributed by atoms with van der Waals surface area (Å²) in [4.78, 5) is 5.35. The van der Waals surface area contributed by atoms with Crippen molar-refractivity contribution in [1.82, 2.24) is 10.3 Å². The first-order valence-corrected chi connectivity index (χ1v) is 7.79. The summed E-state index contributed by atoms with van der Waals surface area (Å²) in [5.41, 5.74) is 1.97. The van der Waals surface area contributed by atoms with Gasteiger partial charge in [0.15, 0.2) is 0 Å². The molecule has 0 aliphatic heterocycles. The van der Waals surface area contributed by atoms with Crippen molar-refractivity contribution in [1.29, 1.82) is 0 Å². The number of halogens is 1. The molecule has 3 aromatic rings. The van der Waals surface area contributed by atoms with Gasteiger partial charge in [0.25, 0.3) is 0 Å². The Bertz CT molecular complexity index is 800. The van der Waals surface area contributed by atoms with Crippen LogP contribution in [0.15, 0.2) is 52.4 Å². The molecule has 22 heavy (non-hydrogen) atoms. The van der Waals surface area contributed by atoms with Gasteiger partial charge in [-0.2, -0.15) is 0 Å². The molecule has 0 aliphatic rings. The van der Waals surface area contributed by atoms with Gasteiger partial charge in [0.05, 0.1) is 18.0 Å². The van der Waals surface area contributed by atoms with Crippen molar-refractivity contribution in [2.24, 2.45) is 0 Å². The Balaban J connectivity index is 2.04. The van der Waals surface area contributed by atoms with Gasteiger partial charge in [0.2, 0.25) is 0 Å². The van der Waals surface area contributed by atoms with Crippen molar-refractivity contribution in [2.75, 3.05) is 14.2 Å². The molecule has 5 heteroatoms. The number of ether oxygens (including phenoxy) is 1. The summed E-state index contributed by atoms with van der Waals surface area (Å²) in [7, 11) is 3.52. The molecular formula is C17H17FN2OS. The molecule has 0 saturated heterocycles. The number of fused-ring (bicyclic) bond motifs is 1. The second kappa shape index (κ2) is 6.42. The minimum Gasteiger partial charge on any atom is -0.496 e. The van der Waals surface area contributed by atoms with Crippen LogP contribution < -0.4 is 10.1 Å². The molecule has 0 amide bonds. The highest BCUT2D eigenvalue weighted by molar-refractivity contribution is 7.99. The summed E-state index contributed by atoms with van der Waals surface area (Å²) in [5.74, 6) is 0.615. The molecule has 0 fully saturated rings. The molecule has 0 bridgehead atoms. The summed E-state index contributed by atoms with van der Waals surface area (Å²) in [5, 5.41) is 4.13. The van der Waals surface area contributed by atoms with Gasteiger partial charge in [-0.1, -0.05) is 17.8 Å². The molecule has 0 radical (unpaired) electrons. The quantitative estimate of drug-likeness (QED) is 0.741. The van der Waals surface area contributed by atoms with Crippen LogP contribution in [0, 0.1) is 5.82 Å². The number of aromatic nitrogens is 1. The van der Waals surface area contributed by atoms with Crippen molar-refractivity contribution in [3.8, 4) is 5.75 Å². The molecule has 2 aromatic carbocycles. The third-order valence-corrected chi connectivity index (χ3v) is 4.62. The van der Waals surface area contributed by atoms with Crippen molar-refractivity contribution < 1.29 is 9.13 Å². The Hall–Kier alpha value is -1.98. The largest absolute Gasteiger partial charge is 0.496 e. The zero-order valence-electron chi connectivity index (χ0n) is 12.4. The Morgan fingerprint density at radius 2 is 2.09 bits per heavy atom. The van der Waals surface area contributed by atoms with E-state index in [1.807, 2.05) is 37.5 Å². The van der Waals surface area contributed by atoms with Crippen molar-refractivity contribution in [3.05, 3.63) is 54.0 Å². The highest BCUT2D eigenvalue weighted by Crippen LogP contribution is 2.39. The predicted octanol–water partition coefficient (Wildman–Crippen LogP) is 4.19. The minimum absolute atomic E-state index is 0.217. The van der Waals surface area contributed by atoms with Crippen LogP contribution in [-0.2, 0) is 6.54 Å². The van der Waals surface area contributed by atoms with E-state index in [0.717, 1.165) is 32.0 Å². The summed E-state index contributed by atoms with van der Waals surface area (Å²) in [6, 6.07) is 10.8. The van der Waals surface area contributed by atoms with Crippen LogP contribution in [0.4, 0.5) is 4.39 Å². The number of rotatable bonds is 5. The van der Waals surface area contributed by atoms with Crippen LogP contribution >= 0.6 is 11.8 Å². The van der Waals surface area contributed by atoms with Gasteiger partial charge in [-0.25, -0.2) is 4.39 Å². The number of hydrogen-bond donors (Lipinski definition) is 2. The number of methoxy groups -OCH3 is 1.